The molecule has 0 aliphatic rings. The zero-order valence-electron chi connectivity index (χ0n) is 10.2. The molecule has 1 heterocycles. The van der Waals surface area contributed by atoms with Gasteiger partial charge in [-0.2, -0.15) is 5.10 Å². The molecule has 19 heavy (non-hydrogen) atoms. The minimum atomic E-state index is -0.250. The minimum Gasteiger partial charge on any atom is -0.399 e. The monoisotopic (exact) mass is 298 g/mol. The number of benzene rings is 1. The number of carbonyl (C=O) groups is 1. The molecule has 0 unspecified atom stereocenters. The molecule has 1 amide bonds. The van der Waals surface area contributed by atoms with Gasteiger partial charge in [0.25, 0.3) is 5.91 Å². The molecular weight excluding hydrogens is 287 g/mol. The Labute approximate surface area is 120 Å². The number of H-pyrrole nitrogens is 1. The van der Waals surface area contributed by atoms with E-state index in [9.17, 15) is 4.79 Å². The lowest BCUT2D eigenvalue weighted by atomic mass is 10.1. The fourth-order valence-corrected chi connectivity index (χ4v) is 2.10. The van der Waals surface area contributed by atoms with Crippen LogP contribution in [0.4, 0.5) is 5.69 Å². The van der Waals surface area contributed by atoms with E-state index in [1.165, 1.54) is 17.0 Å². The predicted octanol–water partition coefficient (Wildman–Crippen LogP) is 2.57. The number of aromatic amines is 1. The molecule has 5 nitrogen and oxygen atoms in total. The molecule has 0 saturated heterocycles. The Kier molecular flexibility index (Phi) is 3.97. The summed E-state index contributed by atoms with van der Waals surface area (Å²) < 4.78 is 0. The highest BCUT2D eigenvalue weighted by Gasteiger charge is 2.18. The number of hydrogen-bond donors (Lipinski definition) is 2. The van der Waals surface area contributed by atoms with E-state index in [1.54, 1.807) is 19.4 Å². The van der Waals surface area contributed by atoms with E-state index >= 15 is 0 Å². The van der Waals surface area contributed by atoms with Crippen LogP contribution in [0.15, 0.2) is 24.5 Å². The summed E-state index contributed by atoms with van der Waals surface area (Å²) in [5, 5.41) is 6.98. The van der Waals surface area contributed by atoms with Gasteiger partial charge in [0, 0.05) is 31.0 Å². The number of nitrogens with two attached hydrogens (primary N) is 1. The van der Waals surface area contributed by atoms with Crippen LogP contribution in [0.5, 0.6) is 0 Å². The largest absolute Gasteiger partial charge is 0.399 e. The van der Waals surface area contributed by atoms with Crippen molar-refractivity contribution in [2.45, 2.75) is 6.54 Å². The van der Waals surface area contributed by atoms with Gasteiger partial charge in [-0.3, -0.25) is 9.89 Å². The SMILES string of the molecule is CN(Cc1cn[nH]c1)C(=O)c1cc(N)cc(Cl)c1Cl. The molecule has 3 N–H and O–H groups in total. The lowest BCUT2D eigenvalue weighted by molar-refractivity contribution is 0.0785. The third-order valence-corrected chi connectivity index (χ3v) is 3.40. The fourth-order valence-electron chi connectivity index (χ4n) is 1.68. The number of nitrogens with one attached hydrogen (secondary N) is 1. The first kappa shape index (κ1) is 13.7. The van der Waals surface area contributed by atoms with E-state index in [2.05, 4.69) is 10.2 Å². The number of anilines is 1. The van der Waals surface area contributed by atoms with Crippen LogP contribution in [0.1, 0.15) is 15.9 Å². The molecule has 1 aromatic carbocycles. The van der Waals surface area contributed by atoms with Crippen LogP contribution < -0.4 is 5.73 Å². The maximum absolute atomic E-state index is 12.3. The highest BCUT2D eigenvalue weighted by atomic mass is 35.5. The van der Waals surface area contributed by atoms with E-state index < -0.39 is 0 Å². The Morgan fingerprint density at radius 1 is 1.47 bits per heavy atom. The van der Waals surface area contributed by atoms with Crippen LogP contribution in [0.25, 0.3) is 0 Å². The summed E-state index contributed by atoms with van der Waals surface area (Å²) in [4.78, 5) is 13.8. The third kappa shape index (κ3) is 3.00. The van der Waals surface area contributed by atoms with Gasteiger partial charge in [-0.05, 0) is 12.1 Å². The van der Waals surface area contributed by atoms with E-state index in [1.807, 2.05) is 0 Å². The van der Waals surface area contributed by atoms with Gasteiger partial charge in [0.05, 0.1) is 21.8 Å². The molecule has 0 atom stereocenters. The van der Waals surface area contributed by atoms with Crippen LogP contribution in [-0.2, 0) is 6.54 Å². The van der Waals surface area contributed by atoms with Crippen molar-refractivity contribution in [1.82, 2.24) is 15.1 Å². The first-order valence-corrected chi connectivity index (χ1v) is 6.22. The summed E-state index contributed by atoms with van der Waals surface area (Å²) in [6.45, 7) is 0.415. The van der Waals surface area contributed by atoms with Gasteiger partial charge in [-0.25, -0.2) is 0 Å². The van der Waals surface area contributed by atoms with Crippen molar-refractivity contribution in [2.75, 3.05) is 12.8 Å². The Morgan fingerprint density at radius 2 is 2.21 bits per heavy atom. The van der Waals surface area contributed by atoms with Crippen molar-refractivity contribution in [3.05, 3.63) is 45.7 Å². The Balaban J connectivity index is 2.24. The molecule has 0 radical (unpaired) electrons. The van der Waals surface area contributed by atoms with E-state index in [0.717, 1.165) is 5.56 Å². The topological polar surface area (TPSA) is 75.0 Å². The number of carbonyl (C=O) groups excluding carboxylic acids is 1. The molecule has 7 heteroatoms. The Bertz CT molecular complexity index is 598. The number of halogens is 2. The second kappa shape index (κ2) is 5.50. The highest BCUT2D eigenvalue weighted by molar-refractivity contribution is 6.44. The molecule has 0 aliphatic carbocycles. The summed E-state index contributed by atoms with van der Waals surface area (Å²) in [6.07, 6.45) is 3.37. The number of hydrogen-bond acceptors (Lipinski definition) is 3. The molecule has 0 saturated carbocycles. The molecule has 0 aliphatic heterocycles. The quantitative estimate of drug-likeness (QED) is 0.855. The molecule has 2 rings (SSSR count). The lowest BCUT2D eigenvalue weighted by Crippen LogP contribution is -2.26. The molecule has 1 aromatic heterocycles. The van der Waals surface area contributed by atoms with Gasteiger partial charge >= 0.3 is 0 Å². The Morgan fingerprint density at radius 3 is 2.84 bits per heavy atom. The molecule has 0 spiro atoms. The van der Waals surface area contributed by atoms with Crippen molar-refractivity contribution in [2.24, 2.45) is 0 Å². The maximum Gasteiger partial charge on any atom is 0.255 e. The van der Waals surface area contributed by atoms with E-state index in [0.29, 0.717) is 12.2 Å². The molecule has 0 bridgehead atoms. The van der Waals surface area contributed by atoms with Gasteiger partial charge in [-0.1, -0.05) is 23.2 Å². The summed E-state index contributed by atoms with van der Waals surface area (Å²) >= 11 is 11.9. The van der Waals surface area contributed by atoms with Gasteiger partial charge in [0.15, 0.2) is 0 Å². The van der Waals surface area contributed by atoms with Crippen molar-refractivity contribution >= 4 is 34.8 Å². The number of nitrogen functional groups attached to an aromatic ring is 1. The summed E-state index contributed by atoms with van der Waals surface area (Å²) in [5.74, 6) is -0.250. The Hall–Kier alpha value is -1.72. The molecular formula is C12H12Cl2N4O. The third-order valence-electron chi connectivity index (χ3n) is 2.60. The van der Waals surface area contributed by atoms with Crippen LogP contribution in [0.3, 0.4) is 0 Å². The zero-order chi connectivity index (χ0) is 14.0. The standard InChI is InChI=1S/C12H12Cl2N4O/c1-18(6-7-4-16-17-5-7)12(19)9-2-8(15)3-10(13)11(9)14/h2-5H,6,15H2,1H3,(H,16,17). The maximum atomic E-state index is 12.3. The van der Waals surface area contributed by atoms with Gasteiger partial charge in [-0.15, -0.1) is 0 Å². The normalized spacial score (nSPS) is 10.5. The van der Waals surface area contributed by atoms with Crippen molar-refractivity contribution < 1.29 is 4.79 Å². The fraction of sp³-hybridized carbons (Fsp3) is 0.167. The highest BCUT2D eigenvalue weighted by Crippen LogP contribution is 2.29. The first-order valence-electron chi connectivity index (χ1n) is 5.46. The van der Waals surface area contributed by atoms with Crippen LogP contribution >= 0.6 is 23.2 Å². The summed E-state index contributed by atoms with van der Waals surface area (Å²) in [6, 6.07) is 3.03. The van der Waals surface area contributed by atoms with Crippen LogP contribution in [0, 0.1) is 0 Å². The lowest BCUT2D eigenvalue weighted by Gasteiger charge is -2.17. The molecule has 100 valence electrons. The minimum absolute atomic E-state index is 0.208. The van der Waals surface area contributed by atoms with Crippen molar-refractivity contribution in [3.63, 3.8) is 0 Å². The van der Waals surface area contributed by atoms with E-state index in [4.69, 9.17) is 28.9 Å². The van der Waals surface area contributed by atoms with E-state index in [-0.39, 0.29) is 21.5 Å². The number of rotatable bonds is 3. The van der Waals surface area contributed by atoms with Gasteiger partial charge in [0.2, 0.25) is 0 Å². The second-order valence-electron chi connectivity index (χ2n) is 4.13. The number of nitrogens with zero attached hydrogens (tertiary/aromatic N) is 2. The summed E-state index contributed by atoms with van der Waals surface area (Å²) in [5.41, 5.74) is 7.25. The summed E-state index contributed by atoms with van der Waals surface area (Å²) in [7, 11) is 1.67. The number of aromatic nitrogens is 2. The average Bonchev–Trinajstić information content (AvgIpc) is 2.85. The van der Waals surface area contributed by atoms with Gasteiger partial charge in [0.1, 0.15) is 0 Å². The molecule has 2 aromatic rings. The smallest absolute Gasteiger partial charge is 0.255 e. The average molecular weight is 299 g/mol. The van der Waals surface area contributed by atoms with Crippen molar-refractivity contribution in [1.29, 1.82) is 0 Å². The van der Waals surface area contributed by atoms with Gasteiger partial charge < -0.3 is 10.6 Å². The van der Waals surface area contributed by atoms with Crippen LogP contribution in [0.2, 0.25) is 10.0 Å². The zero-order valence-corrected chi connectivity index (χ0v) is 11.7. The second-order valence-corrected chi connectivity index (χ2v) is 4.92. The molecule has 0 fully saturated rings. The first-order chi connectivity index (χ1) is 8.99. The number of amides is 1. The van der Waals surface area contributed by atoms with Crippen LogP contribution in [-0.4, -0.2) is 28.1 Å². The van der Waals surface area contributed by atoms with Crippen molar-refractivity contribution in [3.8, 4) is 0 Å². The predicted molar refractivity (Wildman–Crippen MR) is 75.3 cm³/mol.